The highest BCUT2D eigenvalue weighted by molar-refractivity contribution is 6.01. The second-order valence-corrected chi connectivity index (χ2v) is 6.88. The largest absolute Gasteiger partial charge is 0.493 e. The fourth-order valence-corrected chi connectivity index (χ4v) is 2.85. The fraction of sp³-hybridized carbons (Fsp3) is 0.192. The molecule has 0 aliphatic rings. The fourth-order valence-electron chi connectivity index (χ4n) is 2.85. The summed E-state index contributed by atoms with van der Waals surface area (Å²) in [6.07, 6.45) is 4.14. The Hall–Kier alpha value is -3.73. The van der Waals surface area contributed by atoms with E-state index in [4.69, 9.17) is 14.2 Å². The lowest BCUT2D eigenvalue weighted by atomic mass is 10.2. The molecule has 0 atom stereocenters. The lowest BCUT2D eigenvalue weighted by Crippen LogP contribution is -2.07. The van der Waals surface area contributed by atoms with E-state index in [1.54, 1.807) is 13.2 Å². The average Bonchev–Trinajstić information content (AvgIpc) is 2.82. The third-order valence-corrected chi connectivity index (χ3v) is 4.45. The van der Waals surface area contributed by atoms with Crippen molar-refractivity contribution < 1.29 is 19.0 Å². The van der Waals surface area contributed by atoms with E-state index in [2.05, 4.69) is 5.32 Å². The third-order valence-electron chi connectivity index (χ3n) is 4.45. The van der Waals surface area contributed by atoms with Gasteiger partial charge < -0.3 is 19.5 Å². The quantitative estimate of drug-likeness (QED) is 0.429. The lowest BCUT2D eigenvalue weighted by Gasteiger charge is -2.10. The summed E-state index contributed by atoms with van der Waals surface area (Å²) < 4.78 is 16.8. The van der Waals surface area contributed by atoms with Crippen LogP contribution in [0.2, 0.25) is 0 Å². The average molecular weight is 418 g/mol. The van der Waals surface area contributed by atoms with Gasteiger partial charge >= 0.3 is 0 Å². The molecule has 0 aliphatic carbocycles. The number of anilines is 1. The van der Waals surface area contributed by atoms with Crippen molar-refractivity contribution in [2.24, 2.45) is 0 Å². The summed E-state index contributed by atoms with van der Waals surface area (Å²) in [4.78, 5) is 12.3. The summed E-state index contributed by atoms with van der Waals surface area (Å²) in [6.45, 7) is 3.18. The molecule has 0 heterocycles. The van der Waals surface area contributed by atoms with Gasteiger partial charge in [-0.05, 0) is 60.0 Å². The van der Waals surface area contributed by atoms with Crippen LogP contribution < -0.4 is 19.5 Å². The maximum atomic E-state index is 12.3. The molecule has 3 aromatic carbocycles. The molecule has 3 rings (SSSR count). The van der Waals surface area contributed by atoms with Crippen LogP contribution in [0.3, 0.4) is 0 Å². The van der Waals surface area contributed by atoms with Gasteiger partial charge in [0.1, 0.15) is 12.4 Å². The zero-order chi connectivity index (χ0) is 21.9. The first-order valence-electron chi connectivity index (χ1n) is 10.2. The number of hydrogen-bond donors (Lipinski definition) is 1. The van der Waals surface area contributed by atoms with Crippen LogP contribution in [0.4, 0.5) is 5.69 Å². The number of carbonyl (C=O) groups excluding carboxylic acids is 1. The predicted molar refractivity (Wildman–Crippen MR) is 124 cm³/mol. The van der Waals surface area contributed by atoms with Crippen molar-refractivity contribution in [1.29, 1.82) is 0 Å². The van der Waals surface area contributed by atoms with Crippen molar-refractivity contribution in [2.45, 2.75) is 20.0 Å². The summed E-state index contributed by atoms with van der Waals surface area (Å²) in [5.74, 6) is 1.86. The van der Waals surface area contributed by atoms with Crippen LogP contribution in [-0.2, 0) is 11.4 Å². The van der Waals surface area contributed by atoms with Crippen molar-refractivity contribution >= 4 is 17.7 Å². The molecular formula is C26H27NO4. The van der Waals surface area contributed by atoms with Crippen LogP contribution in [-0.4, -0.2) is 19.6 Å². The first-order valence-corrected chi connectivity index (χ1v) is 10.2. The van der Waals surface area contributed by atoms with Gasteiger partial charge in [0.15, 0.2) is 11.5 Å². The number of amides is 1. The molecule has 31 heavy (non-hydrogen) atoms. The minimum Gasteiger partial charge on any atom is -0.493 e. The highest BCUT2D eigenvalue weighted by atomic mass is 16.5. The number of carbonyl (C=O) groups is 1. The third kappa shape index (κ3) is 6.93. The molecule has 1 N–H and O–H groups in total. The zero-order valence-electron chi connectivity index (χ0n) is 17.8. The van der Waals surface area contributed by atoms with Gasteiger partial charge in [0, 0.05) is 11.8 Å². The molecule has 0 saturated carbocycles. The first kappa shape index (κ1) is 22.0. The van der Waals surface area contributed by atoms with Gasteiger partial charge in [-0.3, -0.25) is 4.79 Å². The molecule has 5 heteroatoms. The topological polar surface area (TPSA) is 56.8 Å². The molecule has 0 saturated heterocycles. The Balaban J connectivity index is 1.53. The van der Waals surface area contributed by atoms with E-state index in [-0.39, 0.29) is 5.91 Å². The van der Waals surface area contributed by atoms with Crippen LogP contribution >= 0.6 is 0 Å². The molecule has 0 bridgehead atoms. The van der Waals surface area contributed by atoms with Crippen molar-refractivity contribution in [3.05, 3.63) is 90.0 Å². The number of benzene rings is 3. The van der Waals surface area contributed by atoms with E-state index in [9.17, 15) is 4.79 Å². The number of nitrogens with one attached hydrogen (secondary N) is 1. The summed E-state index contributed by atoms with van der Waals surface area (Å²) in [6, 6.07) is 22.8. The van der Waals surface area contributed by atoms with E-state index in [0.29, 0.717) is 30.4 Å². The molecule has 5 nitrogen and oxygen atoms in total. The summed E-state index contributed by atoms with van der Waals surface area (Å²) in [5, 5.41) is 2.84. The minimum absolute atomic E-state index is 0.219. The molecule has 1 amide bonds. The zero-order valence-corrected chi connectivity index (χ0v) is 17.8. The first-order chi connectivity index (χ1) is 15.2. The SMILES string of the molecule is CCCOc1ccc(C=CC(=O)Nc2ccc(OCc3ccccc3)cc2)cc1OC. The van der Waals surface area contributed by atoms with Crippen LogP contribution in [0.15, 0.2) is 78.9 Å². The number of ether oxygens (including phenoxy) is 3. The Bertz CT molecular complexity index is 998. The standard InChI is InChI=1S/C26H27NO4/c1-3-17-30-24-15-9-20(18-25(24)29-2)10-16-26(28)27-22-11-13-23(14-12-22)31-19-21-7-5-4-6-8-21/h4-16,18H,3,17,19H2,1-2H3,(H,27,28). The Labute approximate surface area is 183 Å². The van der Waals surface area contributed by atoms with Crippen molar-refractivity contribution in [1.82, 2.24) is 0 Å². The Morgan fingerprint density at radius 1 is 0.935 bits per heavy atom. The molecular weight excluding hydrogens is 390 g/mol. The number of hydrogen-bond acceptors (Lipinski definition) is 4. The maximum Gasteiger partial charge on any atom is 0.248 e. The molecule has 0 unspecified atom stereocenters. The van der Waals surface area contributed by atoms with Gasteiger partial charge in [0.2, 0.25) is 5.91 Å². The summed E-state index contributed by atoms with van der Waals surface area (Å²) in [7, 11) is 1.60. The second kappa shape index (κ2) is 11.5. The van der Waals surface area contributed by atoms with Gasteiger partial charge in [-0.1, -0.05) is 43.3 Å². The van der Waals surface area contributed by atoms with Crippen LogP contribution in [0.1, 0.15) is 24.5 Å². The van der Waals surface area contributed by atoms with Crippen molar-refractivity contribution in [3.8, 4) is 17.2 Å². The second-order valence-electron chi connectivity index (χ2n) is 6.88. The van der Waals surface area contributed by atoms with Crippen LogP contribution in [0, 0.1) is 0 Å². The minimum atomic E-state index is -0.219. The highest BCUT2D eigenvalue weighted by Crippen LogP contribution is 2.28. The number of rotatable bonds is 10. The summed E-state index contributed by atoms with van der Waals surface area (Å²) in [5.41, 5.74) is 2.65. The van der Waals surface area contributed by atoms with Gasteiger partial charge in [0.25, 0.3) is 0 Å². The molecule has 0 aromatic heterocycles. The normalized spacial score (nSPS) is 10.6. The molecule has 3 aromatic rings. The van der Waals surface area contributed by atoms with E-state index >= 15 is 0 Å². The van der Waals surface area contributed by atoms with Crippen LogP contribution in [0.25, 0.3) is 6.08 Å². The van der Waals surface area contributed by atoms with Gasteiger partial charge in [-0.15, -0.1) is 0 Å². The Kier molecular flexibility index (Phi) is 8.12. The van der Waals surface area contributed by atoms with E-state index in [0.717, 1.165) is 23.3 Å². The predicted octanol–water partition coefficient (Wildman–Crippen LogP) is 5.71. The van der Waals surface area contributed by atoms with Gasteiger partial charge in [-0.2, -0.15) is 0 Å². The lowest BCUT2D eigenvalue weighted by molar-refractivity contribution is -0.111. The molecule has 0 aliphatic heterocycles. The molecule has 160 valence electrons. The Morgan fingerprint density at radius 2 is 1.71 bits per heavy atom. The monoisotopic (exact) mass is 417 g/mol. The van der Waals surface area contributed by atoms with Crippen molar-refractivity contribution in [3.63, 3.8) is 0 Å². The van der Waals surface area contributed by atoms with Crippen molar-refractivity contribution in [2.75, 3.05) is 19.0 Å². The molecule has 0 fully saturated rings. The smallest absolute Gasteiger partial charge is 0.248 e. The Morgan fingerprint density at radius 3 is 2.42 bits per heavy atom. The summed E-state index contributed by atoms with van der Waals surface area (Å²) >= 11 is 0. The number of methoxy groups -OCH3 is 1. The highest BCUT2D eigenvalue weighted by Gasteiger charge is 2.05. The maximum absolute atomic E-state index is 12.3. The van der Waals surface area contributed by atoms with E-state index in [1.807, 2.05) is 79.7 Å². The van der Waals surface area contributed by atoms with E-state index < -0.39 is 0 Å². The van der Waals surface area contributed by atoms with Crippen LogP contribution in [0.5, 0.6) is 17.2 Å². The van der Waals surface area contributed by atoms with E-state index in [1.165, 1.54) is 6.08 Å². The van der Waals surface area contributed by atoms with Gasteiger partial charge in [-0.25, -0.2) is 0 Å². The molecule has 0 radical (unpaired) electrons. The van der Waals surface area contributed by atoms with Gasteiger partial charge in [0.05, 0.1) is 13.7 Å². The molecule has 0 spiro atoms.